The number of benzene rings is 2. The average Bonchev–Trinajstić information content (AvgIpc) is 2.85. The molecule has 0 amide bonds. The Hall–Kier alpha value is -3.35. The summed E-state index contributed by atoms with van der Waals surface area (Å²) in [5, 5.41) is 14.8. The van der Waals surface area contributed by atoms with Crippen LogP contribution in [0.4, 0.5) is 0 Å². The minimum atomic E-state index is -3.50. The average molecular weight is 497 g/mol. The number of sulfonamides is 1. The van der Waals surface area contributed by atoms with Crippen molar-refractivity contribution >= 4 is 22.0 Å². The number of methoxy groups -OCH3 is 3. The summed E-state index contributed by atoms with van der Waals surface area (Å²) in [5.41, 5.74) is 1.05. The number of carboxylic acids is 2. The molecule has 0 bridgehead atoms. The van der Waals surface area contributed by atoms with Crippen molar-refractivity contribution in [1.29, 1.82) is 0 Å². The molecule has 1 aliphatic heterocycles. The lowest BCUT2D eigenvalue weighted by molar-refractivity contribution is -0.159. The van der Waals surface area contributed by atoms with Gasteiger partial charge < -0.3 is 24.4 Å². The van der Waals surface area contributed by atoms with Crippen LogP contribution in [0.15, 0.2) is 47.4 Å². The Bertz CT molecular complexity index is 1070. The van der Waals surface area contributed by atoms with Gasteiger partial charge in [0.05, 0.1) is 26.2 Å². The molecule has 0 atom stereocenters. The third-order valence-corrected chi connectivity index (χ3v) is 7.01. The molecule has 1 aliphatic rings. The van der Waals surface area contributed by atoms with Gasteiger partial charge >= 0.3 is 11.9 Å². The van der Waals surface area contributed by atoms with Gasteiger partial charge in [-0.15, -0.1) is 0 Å². The van der Waals surface area contributed by atoms with Gasteiger partial charge in [0.15, 0.2) is 0 Å². The molecule has 2 aromatic carbocycles. The van der Waals surface area contributed by atoms with Crippen LogP contribution in [0.5, 0.6) is 17.2 Å². The maximum absolute atomic E-state index is 12.9. The lowest BCUT2D eigenvalue weighted by Gasteiger charge is -2.34. The highest BCUT2D eigenvalue weighted by Gasteiger charge is 2.28. The summed E-state index contributed by atoms with van der Waals surface area (Å²) in [4.78, 5) is 20.7. The van der Waals surface area contributed by atoms with Gasteiger partial charge in [0, 0.05) is 44.4 Å². The minimum absolute atomic E-state index is 0.290. The van der Waals surface area contributed by atoms with Crippen molar-refractivity contribution in [2.45, 2.75) is 11.4 Å². The van der Waals surface area contributed by atoms with Crippen LogP contribution in [0.2, 0.25) is 0 Å². The van der Waals surface area contributed by atoms with E-state index in [1.807, 2.05) is 18.2 Å². The predicted molar refractivity (Wildman–Crippen MR) is 122 cm³/mol. The molecule has 0 saturated carbocycles. The van der Waals surface area contributed by atoms with Gasteiger partial charge in [-0.2, -0.15) is 4.31 Å². The topological polar surface area (TPSA) is 143 Å². The van der Waals surface area contributed by atoms with E-state index in [-0.39, 0.29) is 0 Å². The number of ether oxygens (including phenoxy) is 3. The van der Waals surface area contributed by atoms with Gasteiger partial charge in [-0.3, -0.25) is 4.90 Å². The van der Waals surface area contributed by atoms with Crippen molar-refractivity contribution in [3.63, 3.8) is 0 Å². The van der Waals surface area contributed by atoms with E-state index in [2.05, 4.69) is 4.90 Å². The van der Waals surface area contributed by atoms with E-state index in [9.17, 15) is 8.42 Å². The van der Waals surface area contributed by atoms with Crippen LogP contribution < -0.4 is 14.2 Å². The van der Waals surface area contributed by atoms with Crippen molar-refractivity contribution in [3.8, 4) is 17.2 Å². The molecule has 2 aromatic rings. The fourth-order valence-corrected chi connectivity index (χ4v) is 4.67. The second-order valence-electron chi connectivity index (χ2n) is 7.14. The Morgan fingerprint density at radius 1 is 0.824 bits per heavy atom. The Labute approximate surface area is 198 Å². The van der Waals surface area contributed by atoms with E-state index in [4.69, 9.17) is 34.0 Å². The van der Waals surface area contributed by atoms with Crippen LogP contribution in [-0.2, 0) is 26.2 Å². The first-order valence-corrected chi connectivity index (χ1v) is 11.6. The van der Waals surface area contributed by atoms with Crippen LogP contribution in [0, 0.1) is 0 Å². The molecule has 0 unspecified atom stereocenters. The van der Waals surface area contributed by atoms with E-state index < -0.39 is 22.0 Å². The highest BCUT2D eigenvalue weighted by atomic mass is 32.2. The van der Waals surface area contributed by atoms with E-state index in [0.29, 0.717) is 43.4 Å². The summed E-state index contributed by atoms with van der Waals surface area (Å²) in [5.74, 6) is -1.49. The van der Waals surface area contributed by atoms with E-state index >= 15 is 0 Å². The Balaban J connectivity index is 0.000000604. The molecular weight excluding hydrogens is 468 g/mol. The number of piperazine rings is 1. The monoisotopic (exact) mass is 496 g/mol. The smallest absolute Gasteiger partial charge is 0.414 e. The Morgan fingerprint density at radius 2 is 1.35 bits per heavy atom. The second kappa shape index (κ2) is 12.2. The van der Waals surface area contributed by atoms with Gasteiger partial charge in [0.25, 0.3) is 0 Å². The quantitative estimate of drug-likeness (QED) is 0.540. The number of nitrogens with zero attached hydrogens (tertiary/aromatic N) is 2. The van der Waals surface area contributed by atoms with Crippen LogP contribution in [0.3, 0.4) is 0 Å². The third kappa shape index (κ3) is 7.07. The fraction of sp³-hybridized carbons (Fsp3) is 0.364. The first-order chi connectivity index (χ1) is 16.1. The number of hydrogen-bond donors (Lipinski definition) is 2. The van der Waals surface area contributed by atoms with Crippen LogP contribution in [0.1, 0.15) is 5.56 Å². The zero-order valence-electron chi connectivity index (χ0n) is 19.1. The zero-order chi connectivity index (χ0) is 25.3. The van der Waals surface area contributed by atoms with Crippen molar-refractivity contribution in [2.75, 3.05) is 47.5 Å². The van der Waals surface area contributed by atoms with Crippen molar-refractivity contribution in [3.05, 3.63) is 48.0 Å². The summed E-state index contributed by atoms with van der Waals surface area (Å²) in [6.07, 6.45) is 0. The highest BCUT2D eigenvalue weighted by Crippen LogP contribution is 2.27. The molecule has 2 N–H and O–H groups in total. The van der Waals surface area contributed by atoms with E-state index in [1.54, 1.807) is 45.6 Å². The second-order valence-corrected chi connectivity index (χ2v) is 9.08. The molecule has 0 spiro atoms. The minimum Gasteiger partial charge on any atom is -0.497 e. The van der Waals surface area contributed by atoms with Gasteiger partial charge in [-0.25, -0.2) is 18.0 Å². The molecular formula is C22H28N2O9S. The largest absolute Gasteiger partial charge is 0.497 e. The Kier molecular flexibility index (Phi) is 9.66. The maximum atomic E-state index is 12.9. The molecule has 0 radical (unpaired) electrons. The number of rotatable bonds is 7. The molecule has 186 valence electrons. The first kappa shape index (κ1) is 26.9. The molecule has 12 heteroatoms. The predicted octanol–water partition coefficient (Wildman–Crippen LogP) is 1.37. The van der Waals surface area contributed by atoms with Crippen molar-refractivity contribution in [1.82, 2.24) is 9.21 Å². The molecule has 34 heavy (non-hydrogen) atoms. The third-order valence-electron chi connectivity index (χ3n) is 5.10. The SMILES string of the molecule is COc1ccc(S(=O)(=O)N2CCN(Cc3ccc(OC)cc3OC)CC2)cc1.O=C(O)C(=O)O. The maximum Gasteiger partial charge on any atom is 0.414 e. The number of carbonyl (C=O) groups is 2. The summed E-state index contributed by atoms with van der Waals surface area (Å²) in [6.45, 7) is 2.92. The van der Waals surface area contributed by atoms with Crippen molar-refractivity contribution in [2.24, 2.45) is 0 Å². The standard InChI is InChI=1S/C20H26N2O5S.C2H2O4/c1-25-17-6-8-19(9-7-17)28(23,24)22-12-10-21(11-13-22)15-16-4-5-18(26-2)14-20(16)27-3;3-1(4)2(5)6/h4-9,14H,10-13,15H2,1-3H3;(H,3,4)(H,5,6). The zero-order valence-corrected chi connectivity index (χ0v) is 19.9. The van der Waals surface area contributed by atoms with Crippen LogP contribution >= 0.6 is 0 Å². The number of carboxylic acid groups (broad SMARTS) is 2. The first-order valence-electron chi connectivity index (χ1n) is 10.2. The normalized spacial score (nSPS) is 14.4. The molecule has 0 aliphatic carbocycles. The molecule has 3 rings (SSSR count). The number of aliphatic carboxylic acids is 2. The summed E-state index contributed by atoms with van der Waals surface area (Å²) < 4.78 is 43.0. The fourth-order valence-electron chi connectivity index (χ4n) is 3.25. The lowest BCUT2D eigenvalue weighted by Crippen LogP contribution is -2.48. The lowest BCUT2D eigenvalue weighted by atomic mass is 10.1. The summed E-state index contributed by atoms with van der Waals surface area (Å²) in [7, 11) is 1.32. The number of hydrogen-bond acceptors (Lipinski definition) is 8. The molecule has 1 heterocycles. The highest BCUT2D eigenvalue weighted by molar-refractivity contribution is 7.89. The van der Waals surface area contributed by atoms with Crippen LogP contribution in [-0.4, -0.2) is 87.3 Å². The van der Waals surface area contributed by atoms with Gasteiger partial charge in [0.2, 0.25) is 10.0 Å². The Morgan fingerprint density at radius 3 is 1.82 bits per heavy atom. The molecule has 11 nitrogen and oxygen atoms in total. The summed E-state index contributed by atoms with van der Waals surface area (Å²) in [6, 6.07) is 12.3. The van der Waals surface area contributed by atoms with Gasteiger partial charge in [0.1, 0.15) is 17.2 Å². The van der Waals surface area contributed by atoms with E-state index in [0.717, 1.165) is 17.1 Å². The van der Waals surface area contributed by atoms with Gasteiger partial charge in [-0.1, -0.05) is 6.07 Å². The molecule has 1 fully saturated rings. The van der Waals surface area contributed by atoms with Crippen LogP contribution in [0.25, 0.3) is 0 Å². The molecule has 1 saturated heterocycles. The van der Waals surface area contributed by atoms with Crippen molar-refractivity contribution < 1.29 is 42.4 Å². The van der Waals surface area contributed by atoms with Gasteiger partial charge in [-0.05, 0) is 30.3 Å². The van der Waals surface area contributed by atoms with E-state index in [1.165, 1.54) is 4.31 Å². The summed E-state index contributed by atoms with van der Waals surface area (Å²) >= 11 is 0. The molecule has 0 aromatic heterocycles.